The van der Waals surface area contributed by atoms with Gasteiger partial charge in [-0.25, -0.2) is 9.97 Å². The summed E-state index contributed by atoms with van der Waals surface area (Å²) in [6, 6.07) is 5.88. The first-order valence-corrected chi connectivity index (χ1v) is 8.01. The molecule has 0 aliphatic carbocycles. The fourth-order valence-electron chi connectivity index (χ4n) is 1.95. The number of anilines is 1. The second kappa shape index (κ2) is 5.38. The van der Waals surface area contributed by atoms with Crippen molar-refractivity contribution in [1.29, 1.82) is 0 Å². The summed E-state index contributed by atoms with van der Waals surface area (Å²) < 4.78 is 0. The Bertz CT molecular complexity index is 753. The highest BCUT2D eigenvalue weighted by atomic mass is 32.2. The standard InChI is InChI=1S/C14H14N4S2/c1-8-9(2)20-13-11(8)12(15)17-14(18-13)19-7-10-5-3-4-6-16-10/h3-6H,7H2,1-2H3,(H2,15,17,18). The predicted octanol–water partition coefficient (Wildman–Crippen LogP) is 3.58. The van der Waals surface area contributed by atoms with Gasteiger partial charge in [0.15, 0.2) is 5.16 Å². The molecule has 0 radical (unpaired) electrons. The van der Waals surface area contributed by atoms with Gasteiger partial charge in [0.05, 0.1) is 11.1 Å². The van der Waals surface area contributed by atoms with Gasteiger partial charge in [0.25, 0.3) is 0 Å². The van der Waals surface area contributed by atoms with Gasteiger partial charge in [0, 0.05) is 16.8 Å². The number of fused-ring (bicyclic) bond motifs is 1. The van der Waals surface area contributed by atoms with Crippen LogP contribution in [0.15, 0.2) is 29.6 Å². The minimum absolute atomic E-state index is 0.570. The van der Waals surface area contributed by atoms with E-state index in [-0.39, 0.29) is 0 Å². The number of thioether (sulfide) groups is 1. The molecule has 0 bridgehead atoms. The quantitative estimate of drug-likeness (QED) is 0.592. The van der Waals surface area contributed by atoms with Crippen molar-refractivity contribution in [1.82, 2.24) is 15.0 Å². The van der Waals surface area contributed by atoms with Gasteiger partial charge in [-0.1, -0.05) is 17.8 Å². The van der Waals surface area contributed by atoms with Crippen molar-refractivity contribution < 1.29 is 0 Å². The van der Waals surface area contributed by atoms with E-state index < -0.39 is 0 Å². The van der Waals surface area contributed by atoms with Crippen molar-refractivity contribution in [3.63, 3.8) is 0 Å². The fraction of sp³-hybridized carbons (Fsp3) is 0.214. The van der Waals surface area contributed by atoms with Crippen molar-refractivity contribution in [2.24, 2.45) is 0 Å². The van der Waals surface area contributed by atoms with Crippen LogP contribution in [0.3, 0.4) is 0 Å². The van der Waals surface area contributed by atoms with Crippen LogP contribution in [0.2, 0.25) is 0 Å². The minimum Gasteiger partial charge on any atom is -0.383 e. The maximum absolute atomic E-state index is 6.07. The van der Waals surface area contributed by atoms with E-state index in [4.69, 9.17) is 5.73 Å². The highest BCUT2D eigenvalue weighted by Crippen LogP contribution is 2.33. The largest absolute Gasteiger partial charge is 0.383 e. The van der Waals surface area contributed by atoms with Crippen molar-refractivity contribution in [3.8, 4) is 0 Å². The van der Waals surface area contributed by atoms with Crippen LogP contribution in [-0.2, 0) is 5.75 Å². The predicted molar refractivity (Wildman–Crippen MR) is 85.1 cm³/mol. The molecule has 3 heterocycles. The third kappa shape index (κ3) is 2.48. The van der Waals surface area contributed by atoms with Gasteiger partial charge in [-0.2, -0.15) is 0 Å². The summed E-state index contributed by atoms with van der Waals surface area (Å²) in [5.74, 6) is 1.31. The number of nitrogens with two attached hydrogens (primary N) is 1. The van der Waals surface area contributed by atoms with Crippen LogP contribution in [0.1, 0.15) is 16.1 Å². The Morgan fingerprint density at radius 2 is 2.10 bits per heavy atom. The first-order chi connectivity index (χ1) is 9.65. The number of aromatic nitrogens is 3. The molecule has 2 N–H and O–H groups in total. The molecular formula is C14H14N4S2. The Kier molecular flexibility index (Phi) is 3.58. The number of nitrogen functional groups attached to an aromatic ring is 1. The highest BCUT2D eigenvalue weighted by Gasteiger charge is 2.12. The molecule has 6 heteroatoms. The topological polar surface area (TPSA) is 64.7 Å². The van der Waals surface area contributed by atoms with Gasteiger partial charge < -0.3 is 5.73 Å². The van der Waals surface area contributed by atoms with Gasteiger partial charge in [-0.05, 0) is 31.5 Å². The van der Waals surface area contributed by atoms with Crippen molar-refractivity contribution >= 4 is 39.1 Å². The first kappa shape index (κ1) is 13.3. The molecule has 3 rings (SSSR count). The molecule has 0 saturated carbocycles. The molecule has 0 aliphatic heterocycles. The third-order valence-corrected chi connectivity index (χ3v) is 5.09. The maximum atomic E-state index is 6.07. The average molecular weight is 302 g/mol. The summed E-state index contributed by atoms with van der Waals surface area (Å²) in [7, 11) is 0. The Labute approximate surface area is 125 Å². The molecule has 20 heavy (non-hydrogen) atoms. The zero-order chi connectivity index (χ0) is 14.1. The molecule has 0 saturated heterocycles. The van der Waals surface area contributed by atoms with E-state index in [9.17, 15) is 0 Å². The van der Waals surface area contributed by atoms with Crippen LogP contribution >= 0.6 is 23.1 Å². The molecule has 0 atom stereocenters. The minimum atomic E-state index is 0.570. The van der Waals surface area contributed by atoms with E-state index >= 15 is 0 Å². The van der Waals surface area contributed by atoms with E-state index in [1.165, 1.54) is 10.4 Å². The molecule has 0 unspecified atom stereocenters. The Hall–Kier alpha value is -1.66. The van der Waals surface area contributed by atoms with Crippen molar-refractivity contribution in [3.05, 3.63) is 40.5 Å². The van der Waals surface area contributed by atoms with E-state index in [0.717, 1.165) is 21.7 Å². The lowest BCUT2D eigenvalue weighted by Crippen LogP contribution is -1.96. The van der Waals surface area contributed by atoms with Gasteiger partial charge in [-0.15, -0.1) is 11.3 Å². The number of aryl methyl sites for hydroxylation is 2. The lowest BCUT2D eigenvalue weighted by atomic mass is 10.2. The fourth-order valence-corrected chi connectivity index (χ4v) is 3.81. The van der Waals surface area contributed by atoms with Crippen LogP contribution in [0.5, 0.6) is 0 Å². The number of rotatable bonds is 3. The Balaban J connectivity index is 1.89. The lowest BCUT2D eigenvalue weighted by Gasteiger charge is -2.03. The smallest absolute Gasteiger partial charge is 0.191 e. The average Bonchev–Trinajstić information content (AvgIpc) is 2.73. The second-order valence-electron chi connectivity index (χ2n) is 4.46. The second-order valence-corrected chi connectivity index (χ2v) is 6.61. The number of hydrogen-bond acceptors (Lipinski definition) is 6. The van der Waals surface area contributed by atoms with Gasteiger partial charge >= 0.3 is 0 Å². The molecule has 0 spiro atoms. The number of pyridine rings is 1. The summed E-state index contributed by atoms with van der Waals surface area (Å²) in [5.41, 5.74) is 8.26. The molecule has 0 aromatic carbocycles. The van der Waals surface area contributed by atoms with Crippen LogP contribution in [0.4, 0.5) is 5.82 Å². The normalized spacial score (nSPS) is 11.1. The van der Waals surface area contributed by atoms with Crippen LogP contribution in [0, 0.1) is 13.8 Å². The van der Waals surface area contributed by atoms with Crippen LogP contribution in [-0.4, -0.2) is 15.0 Å². The molecular weight excluding hydrogens is 288 g/mol. The summed E-state index contributed by atoms with van der Waals surface area (Å²) in [6.07, 6.45) is 1.79. The number of hydrogen-bond donors (Lipinski definition) is 1. The summed E-state index contributed by atoms with van der Waals surface area (Å²) in [5, 5.41) is 1.71. The molecule has 3 aromatic heterocycles. The Morgan fingerprint density at radius 1 is 1.25 bits per heavy atom. The first-order valence-electron chi connectivity index (χ1n) is 6.21. The Morgan fingerprint density at radius 3 is 2.85 bits per heavy atom. The molecule has 0 amide bonds. The van der Waals surface area contributed by atoms with Gasteiger partial charge in [0.2, 0.25) is 0 Å². The lowest BCUT2D eigenvalue weighted by molar-refractivity contribution is 1.01. The summed E-state index contributed by atoms with van der Waals surface area (Å²) in [6.45, 7) is 4.15. The molecule has 0 aliphatic rings. The maximum Gasteiger partial charge on any atom is 0.191 e. The molecule has 102 valence electrons. The van der Waals surface area contributed by atoms with E-state index in [0.29, 0.717) is 11.0 Å². The zero-order valence-corrected chi connectivity index (χ0v) is 12.9. The van der Waals surface area contributed by atoms with E-state index in [1.54, 1.807) is 29.3 Å². The molecule has 3 aromatic rings. The van der Waals surface area contributed by atoms with Crippen molar-refractivity contribution in [2.75, 3.05) is 5.73 Å². The number of thiophene rings is 1. The van der Waals surface area contributed by atoms with Crippen LogP contribution in [0.25, 0.3) is 10.2 Å². The summed E-state index contributed by atoms with van der Waals surface area (Å²) >= 11 is 3.23. The summed E-state index contributed by atoms with van der Waals surface area (Å²) in [4.78, 5) is 15.5. The third-order valence-electron chi connectivity index (χ3n) is 3.11. The highest BCUT2D eigenvalue weighted by molar-refractivity contribution is 7.98. The molecule has 4 nitrogen and oxygen atoms in total. The van der Waals surface area contributed by atoms with Gasteiger partial charge in [-0.3, -0.25) is 4.98 Å². The number of nitrogens with zero attached hydrogens (tertiary/aromatic N) is 3. The molecule has 0 fully saturated rings. The zero-order valence-electron chi connectivity index (χ0n) is 11.3. The van der Waals surface area contributed by atoms with Crippen LogP contribution < -0.4 is 5.73 Å². The van der Waals surface area contributed by atoms with E-state index in [2.05, 4.69) is 28.8 Å². The van der Waals surface area contributed by atoms with Crippen molar-refractivity contribution in [2.45, 2.75) is 24.8 Å². The SMILES string of the molecule is Cc1sc2nc(SCc3ccccn3)nc(N)c2c1C. The van der Waals surface area contributed by atoms with Gasteiger partial charge in [0.1, 0.15) is 10.6 Å². The monoisotopic (exact) mass is 302 g/mol. The van der Waals surface area contributed by atoms with E-state index in [1.807, 2.05) is 18.2 Å².